The predicted molar refractivity (Wildman–Crippen MR) is 103 cm³/mol. The number of rotatable bonds is 8. The second-order valence-electron chi connectivity index (χ2n) is 5.62. The van der Waals surface area contributed by atoms with Crippen molar-refractivity contribution in [3.8, 4) is 11.5 Å². The summed E-state index contributed by atoms with van der Waals surface area (Å²) in [4.78, 5) is 12.1. The van der Waals surface area contributed by atoms with Gasteiger partial charge in [0, 0.05) is 18.1 Å². The molecule has 0 aliphatic heterocycles. The summed E-state index contributed by atoms with van der Waals surface area (Å²) in [6.07, 6.45) is 1.57. The Morgan fingerprint density at radius 2 is 1.69 bits per heavy atom. The Morgan fingerprint density at radius 3 is 2.23 bits per heavy atom. The first-order valence-electron chi connectivity index (χ1n) is 8.35. The van der Waals surface area contributed by atoms with Crippen LogP contribution in [-0.2, 0) is 4.79 Å². The van der Waals surface area contributed by atoms with Gasteiger partial charge in [-0.25, -0.2) is 0 Å². The average Bonchev–Trinajstić information content (AvgIpc) is 2.65. The first-order chi connectivity index (χ1) is 12.5. The number of ether oxygens (including phenoxy) is 2. The largest absolute Gasteiger partial charge is 0.495 e. The summed E-state index contributed by atoms with van der Waals surface area (Å²) in [6, 6.07) is 6.78. The molecular formula is C18H23ClN4O3. The maximum absolute atomic E-state index is 12.1. The molecule has 1 amide bonds. The molecule has 0 radical (unpaired) electrons. The molecule has 0 saturated carbocycles. The van der Waals surface area contributed by atoms with E-state index in [1.807, 2.05) is 13.8 Å². The van der Waals surface area contributed by atoms with Crippen LogP contribution >= 0.6 is 11.6 Å². The lowest BCUT2D eigenvalue weighted by Gasteiger charge is -2.14. The number of carbonyl (C=O) groups excluding carboxylic acids is 1. The number of benzene rings is 1. The maximum Gasteiger partial charge on any atom is 0.228 e. The van der Waals surface area contributed by atoms with E-state index in [0.29, 0.717) is 33.8 Å². The van der Waals surface area contributed by atoms with Crippen molar-refractivity contribution >= 4 is 34.8 Å². The molecule has 2 aromatic rings. The van der Waals surface area contributed by atoms with Gasteiger partial charge in [0.25, 0.3) is 0 Å². The molecule has 140 valence electrons. The van der Waals surface area contributed by atoms with E-state index in [0.717, 1.165) is 12.8 Å². The summed E-state index contributed by atoms with van der Waals surface area (Å²) in [6.45, 7) is 3.97. The van der Waals surface area contributed by atoms with Crippen LogP contribution in [0.25, 0.3) is 0 Å². The second-order valence-corrected chi connectivity index (χ2v) is 6.03. The standard InChI is InChI=1S/C18H23ClN4O3/c1-5-11(6-2)18(24)21-17-8-7-16(22-23-17)20-13-10-14(25-3)12(19)9-15(13)26-4/h7-11H,5-6H2,1-4H3,(H,20,22)(H,21,23,24). The molecule has 26 heavy (non-hydrogen) atoms. The fraction of sp³-hybridized carbons (Fsp3) is 0.389. The summed E-state index contributed by atoms with van der Waals surface area (Å²) in [5.74, 6) is 1.89. The molecule has 2 rings (SSSR count). The number of carbonyl (C=O) groups is 1. The van der Waals surface area contributed by atoms with Crippen molar-refractivity contribution in [2.75, 3.05) is 24.9 Å². The average molecular weight is 379 g/mol. The monoisotopic (exact) mass is 378 g/mol. The minimum absolute atomic E-state index is 0.0274. The number of amides is 1. The van der Waals surface area contributed by atoms with Gasteiger partial charge in [0.15, 0.2) is 11.6 Å². The van der Waals surface area contributed by atoms with Crippen LogP contribution in [-0.4, -0.2) is 30.3 Å². The molecular weight excluding hydrogens is 356 g/mol. The van der Waals surface area contributed by atoms with E-state index in [2.05, 4.69) is 20.8 Å². The van der Waals surface area contributed by atoms with Gasteiger partial charge in [-0.2, -0.15) is 0 Å². The summed E-state index contributed by atoms with van der Waals surface area (Å²) in [5.41, 5.74) is 0.636. The minimum Gasteiger partial charge on any atom is -0.495 e. The molecule has 2 N–H and O–H groups in total. The highest BCUT2D eigenvalue weighted by Crippen LogP contribution is 2.37. The van der Waals surface area contributed by atoms with Gasteiger partial charge >= 0.3 is 0 Å². The summed E-state index contributed by atoms with van der Waals surface area (Å²) in [7, 11) is 3.08. The first-order valence-corrected chi connectivity index (χ1v) is 8.73. The zero-order valence-corrected chi connectivity index (χ0v) is 16.1. The third kappa shape index (κ3) is 4.76. The zero-order chi connectivity index (χ0) is 19.1. The van der Waals surface area contributed by atoms with Gasteiger partial charge in [-0.15, -0.1) is 10.2 Å². The molecule has 7 nitrogen and oxygen atoms in total. The van der Waals surface area contributed by atoms with E-state index in [1.165, 1.54) is 7.11 Å². The SMILES string of the molecule is CCC(CC)C(=O)Nc1ccc(Nc2cc(OC)c(Cl)cc2OC)nn1. The molecule has 0 aliphatic carbocycles. The van der Waals surface area contributed by atoms with Crippen LogP contribution < -0.4 is 20.1 Å². The highest BCUT2D eigenvalue weighted by atomic mass is 35.5. The van der Waals surface area contributed by atoms with E-state index in [9.17, 15) is 4.79 Å². The summed E-state index contributed by atoms with van der Waals surface area (Å²) in [5, 5.41) is 14.5. The lowest BCUT2D eigenvalue weighted by molar-refractivity contribution is -0.120. The Balaban J connectivity index is 2.13. The highest BCUT2D eigenvalue weighted by Gasteiger charge is 2.15. The van der Waals surface area contributed by atoms with Gasteiger partial charge in [0.2, 0.25) is 5.91 Å². The summed E-state index contributed by atoms with van der Waals surface area (Å²) >= 11 is 6.10. The number of hydrogen-bond donors (Lipinski definition) is 2. The maximum atomic E-state index is 12.1. The van der Waals surface area contributed by atoms with Crippen LogP contribution in [0.5, 0.6) is 11.5 Å². The Morgan fingerprint density at radius 1 is 1.08 bits per heavy atom. The van der Waals surface area contributed by atoms with Crippen LogP contribution in [0.1, 0.15) is 26.7 Å². The Bertz CT molecular complexity index is 749. The fourth-order valence-electron chi connectivity index (χ4n) is 2.45. The van der Waals surface area contributed by atoms with Gasteiger partial charge in [-0.3, -0.25) is 4.79 Å². The predicted octanol–water partition coefficient (Wildman–Crippen LogP) is 4.27. The molecule has 0 fully saturated rings. The van der Waals surface area contributed by atoms with Crippen LogP contribution in [0, 0.1) is 5.92 Å². The molecule has 0 spiro atoms. The minimum atomic E-state index is -0.0471. The van der Waals surface area contributed by atoms with E-state index in [-0.39, 0.29) is 11.8 Å². The fourth-order valence-corrected chi connectivity index (χ4v) is 2.68. The van der Waals surface area contributed by atoms with Gasteiger partial charge in [-0.1, -0.05) is 25.4 Å². The van der Waals surface area contributed by atoms with Crippen LogP contribution in [0.15, 0.2) is 24.3 Å². The number of hydrogen-bond acceptors (Lipinski definition) is 6. The number of anilines is 3. The molecule has 0 unspecified atom stereocenters. The molecule has 0 atom stereocenters. The van der Waals surface area contributed by atoms with Gasteiger partial charge in [0.1, 0.15) is 11.5 Å². The first kappa shape index (κ1) is 19.8. The third-order valence-electron chi connectivity index (χ3n) is 4.01. The van der Waals surface area contributed by atoms with E-state index in [1.54, 1.807) is 31.4 Å². The molecule has 0 saturated heterocycles. The third-order valence-corrected chi connectivity index (χ3v) is 4.30. The van der Waals surface area contributed by atoms with Crippen molar-refractivity contribution in [2.45, 2.75) is 26.7 Å². The van der Waals surface area contributed by atoms with Crippen molar-refractivity contribution < 1.29 is 14.3 Å². The molecule has 1 aromatic heterocycles. The van der Waals surface area contributed by atoms with Crippen LogP contribution in [0.2, 0.25) is 5.02 Å². The Hall–Kier alpha value is -2.54. The number of halogens is 1. The Labute approximate surface area is 158 Å². The molecule has 1 aromatic carbocycles. The highest BCUT2D eigenvalue weighted by molar-refractivity contribution is 6.32. The van der Waals surface area contributed by atoms with Gasteiger partial charge in [-0.05, 0) is 25.0 Å². The van der Waals surface area contributed by atoms with Gasteiger partial charge in [0.05, 0.1) is 24.9 Å². The second kappa shape index (κ2) is 9.24. The molecule has 1 heterocycles. The number of nitrogens with zero attached hydrogens (tertiary/aromatic N) is 2. The smallest absolute Gasteiger partial charge is 0.228 e. The quantitative estimate of drug-likeness (QED) is 0.713. The van der Waals surface area contributed by atoms with Gasteiger partial charge < -0.3 is 20.1 Å². The Kier molecular flexibility index (Phi) is 7.03. The lowest BCUT2D eigenvalue weighted by Crippen LogP contribution is -2.22. The van der Waals surface area contributed by atoms with E-state index in [4.69, 9.17) is 21.1 Å². The number of nitrogens with one attached hydrogen (secondary N) is 2. The molecule has 0 aliphatic rings. The zero-order valence-electron chi connectivity index (χ0n) is 15.3. The van der Waals surface area contributed by atoms with Crippen molar-refractivity contribution in [2.24, 2.45) is 5.92 Å². The number of aromatic nitrogens is 2. The van der Waals surface area contributed by atoms with Crippen molar-refractivity contribution in [1.82, 2.24) is 10.2 Å². The lowest BCUT2D eigenvalue weighted by atomic mass is 10.0. The summed E-state index contributed by atoms with van der Waals surface area (Å²) < 4.78 is 10.5. The van der Waals surface area contributed by atoms with Crippen molar-refractivity contribution in [3.05, 3.63) is 29.3 Å². The van der Waals surface area contributed by atoms with Crippen LogP contribution in [0.3, 0.4) is 0 Å². The van der Waals surface area contributed by atoms with Crippen LogP contribution in [0.4, 0.5) is 17.3 Å². The molecule has 8 heteroatoms. The van der Waals surface area contributed by atoms with E-state index < -0.39 is 0 Å². The molecule has 0 bridgehead atoms. The topological polar surface area (TPSA) is 85.4 Å². The normalized spacial score (nSPS) is 10.5. The van der Waals surface area contributed by atoms with Crippen molar-refractivity contribution in [3.63, 3.8) is 0 Å². The van der Waals surface area contributed by atoms with E-state index >= 15 is 0 Å². The van der Waals surface area contributed by atoms with Crippen molar-refractivity contribution in [1.29, 1.82) is 0 Å². The number of methoxy groups -OCH3 is 2.